The topological polar surface area (TPSA) is 0 Å². The van der Waals surface area contributed by atoms with Crippen molar-refractivity contribution in [3.05, 3.63) is 102 Å². The van der Waals surface area contributed by atoms with E-state index in [0.717, 1.165) is 12.6 Å². The van der Waals surface area contributed by atoms with Crippen LogP contribution in [0.3, 0.4) is 0 Å². The summed E-state index contributed by atoms with van der Waals surface area (Å²) in [5.74, 6) is 0. The fourth-order valence-electron chi connectivity index (χ4n) is 3.15. The molecule has 0 saturated carbocycles. The van der Waals surface area contributed by atoms with Crippen molar-refractivity contribution in [2.45, 2.75) is 19.8 Å². The summed E-state index contributed by atoms with van der Waals surface area (Å²) in [6, 6.07) is 30.1. The van der Waals surface area contributed by atoms with E-state index in [2.05, 4.69) is 104 Å². The maximum Gasteiger partial charge on any atom is 0.0112 e. The van der Waals surface area contributed by atoms with Gasteiger partial charge in [0.1, 0.15) is 0 Å². The van der Waals surface area contributed by atoms with Gasteiger partial charge >= 0.3 is 0 Å². The standard InChI is InChI=1S/C24H25PS/c1-2-3-19-25(26,23-17-11-6-12-18-23)24(22-15-9-5-10-16-22)20-21-13-7-4-8-14-21/h4-18,20H,2-3,19H2,1H3/b24-20-. The molecule has 0 aromatic heterocycles. The van der Waals surface area contributed by atoms with Gasteiger partial charge in [-0.25, -0.2) is 0 Å². The van der Waals surface area contributed by atoms with Gasteiger partial charge in [0.25, 0.3) is 0 Å². The summed E-state index contributed by atoms with van der Waals surface area (Å²) >= 11 is 6.48. The zero-order chi connectivity index (χ0) is 18.2. The highest BCUT2D eigenvalue weighted by Crippen LogP contribution is 2.59. The summed E-state index contributed by atoms with van der Waals surface area (Å²) < 4.78 is 0. The summed E-state index contributed by atoms with van der Waals surface area (Å²) in [5.41, 5.74) is 2.47. The van der Waals surface area contributed by atoms with Crippen LogP contribution in [0.1, 0.15) is 30.9 Å². The number of unbranched alkanes of at least 4 members (excludes halogenated alkanes) is 1. The lowest BCUT2D eigenvalue weighted by Crippen LogP contribution is -2.09. The summed E-state index contributed by atoms with van der Waals surface area (Å²) in [5, 5.41) is 2.63. The first kappa shape index (κ1) is 18.8. The number of hydrogen-bond acceptors (Lipinski definition) is 1. The van der Waals surface area contributed by atoms with Crippen molar-refractivity contribution < 1.29 is 0 Å². The fraction of sp³-hybridized carbons (Fsp3) is 0.167. The Hall–Kier alpha value is -1.95. The fourth-order valence-corrected chi connectivity index (χ4v) is 7.49. The van der Waals surface area contributed by atoms with E-state index in [0.29, 0.717) is 0 Å². The third-order valence-electron chi connectivity index (χ3n) is 4.56. The summed E-state index contributed by atoms with van der Waals surface area (Å²) in [4.78, 5) is 0. The second-order valence-electron chi connectivity index (χ2n) is 6.46. The van der Waals surface area contributed by atoms with E-state index in [-0.39, 0.29) is 0 Å². The van der Waals surface area contributed by atoms with Crippen molar-refractivity contribution in [2.75, 3.05) is 6.16 Å². The van der Waals surface area contributed by atoms with Crippen LogP contribution < -0.4 is 5.30 Å². The molecular weight excluding hydrogens is 351 g/mol. The lowest BCUT2D eigenvalue weighted by Gasteiger charge is -2.27. The molecule has 0 aliphatic heterocycles. The van der Waals surface area contributed by atoms with E-state index in [1.54, 1.807) is 0 Å². The monoisotopic (exact) mass is 376 g/mol. The van der Waals surface area contributed by atoms with Gasteiger partial charge in [-0.05, 0) is 40.4 Å². The van der Waals surface area contributed by atoms with Crippen LogP contribution >= 0.6 is 6.04 Å². The Morgan fingerprint density at radius 2 is 1.35 bits per heavy atom. The lowest BCUT2D eigenvalue weighted by molar-refractivity contribution is 0.893. The average Bonchev–Trinajstić information content (AvgIpc) is 2.72. The van der Waals surface area contributed by atoms with Crippen molar-refractivity contribution in [2.24, 2.45) is 0 Å². The van der Waals surface area contributed by atoms with Gasteiger partial charge in [-0.15, -0.1) is 0 Å². The molecule has 0 radical (unpaired) electrons. The van der Waals surface area contributed by atoms with Crippen molar-refractivity contribution in [1.82, 2.24) is 0 Å². The predicted molar refractivity (Wildman–Crippen MR) is 121 cm³/mol. The van der Waals surface area contributed by atoms with Crippen LogP contribution in [0, 0.1) is 0 Å². The predicted octanol–water partition coefficient (Wildman–Crippen LogP) is 6.79. The molecule has 1 atom stereocenters. The van der Waals surface area contributed by atoms with Gasteiger partial charge < -0.3 is 0 Å². The zero-order valence-corrected chi connectivity index (χ0v) is 16.9. The van der Waals surface area contributed by atoms with Gasteiger partial charge in [0.2, 0.25) is 0 Å². The first-order chi connectivity index (χ1) is 12.7. The Morgan fingerprint density at radius 1 is 0.808 bits per heavy atom. The van der Waals surface area contributed by atoms with Gasteiger partial charge in [-0.2, -0.15) is 0 Å². The third kappa shape index (κ3) is 4.41. The van der Waals surface area contributed by atoms with Crippen LogP contribution in [0.15, 0.2) is 91.0 Å². The van der Waals surface area contributed by atoms with Crippen LogP contribution in [0.4, 0.5) is 0 Å². The lowest BCUT2D eigenvalue weighted by atomic mass is 10.1. The van der Waals surface area contributed by atoms with E-state index in [4.69, 9.17) is 11.8 Å². The second kappa shape index (κ2) is 9.12. The Labute approximate surface area is 162 Å². The zero-order valence-electron chi connectivity index (χ0n) is 15.2. The van der Waals surface area contributed by atoms with Gasteiger partial charge in [0.05, 0.1) is 0 Å². The molecular formula is C24H25PS. The highest BCUT2D eigenvalue weighted by atomic mass is 32.4. The number of rotatable bonds is 7. The molecule has 0 amide bonds. The maximum absolute atomic E-state index is 6.48. The molecule has 2 heteroatoms. The minimum Gasteiger partial charge on any atom is -0.0876 e. The van der Waals surface area contributed by atoms with E-state index < -0.39 is 6.04 Å². The summed E-state index contributed by atoms with van der Waals surface area (Å²) in [6.45, 7) is 2.24. The molecule has 3 rings (SSSR count). The normalized spacial score (nSPS) is 14.0. The molecule has 0 aliphatic rings. The Balaban J connectivity index is 2.20. The SMILES string of the molecule is CCCCP(=S)(/C(=C\c1ccccc1)c1ccccc1)c1ccccc1. The third-order valence-corrected chi connectivity index (χ3v) is 9.58. The van der Waals surface area contributed by atoms with Crippen LogP contribution in [0.5, 0.6) is 0 Å². The average molecular weight is 377 g/mol. The molecule has 26 heavy (non-hydrogen) atoms. The first-order valence-electron chi connectivity index (χ1n) is 9.21. The molecule has 0 spiro atoms. The van der Waals surface area contributed by atoms with Gasteiger partial charge in [0, 0.05) is 6.04 Å². The molecule has 0 aliphatic carbocycles. The van der Waals surface area contributed by atoms with Gasteiger partial charge in [-0.3, -0.25) is 0 Å². The molecule has 0 saturated heterocycles. The molecule has 0 N–H and O–H groups in total. The van der Waals surface area contributed by atoms with Crippen LogP contribution in [-0.4, -0.2) is 6.16 Å². The number of hydrogen-bond donors (Lipinski definition) is 0. The minimum absolute atomic E-state index is 1.07. The largest absolute Gasteiger partial charge is 0.0876 e. The number of benzene rings is 3. The van der Waals surface area contributed by atoms with E-state index in [1.165, 1.54) is 28.2 Å². The molecule has 3 aromatic rings. The molecule has 0 heterocycles. The van der Waals surface area contributed by atoms with Crippen LogP contribution in [0.25, 0.3) is 11.4 Å². The minimum atomic E-state index is -1.89. The Kier molecular flexibility index (Phi) is 6.61. The highest BCUT2D eigenvalue weighted by Gasteiger charge is 2.25. The molecule has 3 aromatic carbocycles. The second-order valence-corrected chi connectivity index (χ2v) is 11.3. The van der Waals surface area contributed by atoms with E-state index in [9.17, 15) is 0 Å². The molecule has 1 unspecified atom stereocenters. The smallest absolute Gasteiger partial charge is 0.0112 e. The van der Waals surface area contributed by atoms with E-state index >= 15 is 0 Å². The van der Waals surface area contributed by atoms with Gasteiger partial charge in [-0.1, -0.05) is 116 Å². The summed E-state index contributed by atoms with van der Waals surface area (Å²) in [7, 11) is 0. The van der Waals surface area contributed by atoms with Crippen molar-refractivity contribution in [1.29, 1.82) is 0 Å². The molecule has 0 nitrogen and oxygen atoms in total. The molecule has 0 bridgehead atoms. The van der Waals surface area contributed by atoms with Crippen LogP contribution in [0.2, 0.25) is 0 Å². The van der Waals surface area contributed by atoms with E-state index in [1.807, 2.05) is 0 Å². The van der Waals surface area contributed by atoms with Crippen molar-refractivity contribution in [3.8, 4) is 0 Å². The molecule has 132 valence electrons. The first-order valence-corrected chi connectivity index (χ1v) is 12.2. The van der Waals surface area contributed by atoms with Crippen molar-refractivity contribution in [3.63, 3.8) is 0 Å². The highest BCUT2D eigenvalue weighted by molar-refractivity contribution is 8.23. The summed E-state index contributed by atoms with van der Waals surface area (Å²) in [6.07, 6.45) is 5.71. The van der Waals surface area contributed by atoms with Crippen LogP contribution in [-0.2, 0) is 11.8 Å². The quantitative estimate of drug-likeness (QED) is 0.323. The Bertz CT molecular complexity index is 883. The Morgan fingerprint density at radius 3 is 1.92 bits per heavy atom. The molecule has 0 fully saturated rings. The van der Waals surface area contributed by atoms with Gasteiger partial charge in [0.15, 0.2) is 0 Å². The van der Waals surface area contributed by atoms with Crippen molar-refractivity contribution >= 4 is 34.5 Å². The maximum atomic E-state index is 6.48.